The summed E-state index contributed by atoms with van der Waals surface area (Å²) in [6, 6.07) is 9.09. The van der Waals surface area contributed by atoms with Gasteiger partial charge in [-0.3, -0.25) is 4.79 Å². The summed E-state index contributed by atoms with van der Waals surface area (Å²) in [7, 11) is 0. The van der Waals surface area contributed by atoms with Crippen LogP contribution in [0.3, 0.4) is 0 Å². The van der Waals surface area contributed by atoms with Gasteiger partial charge in [-0.25, -0.2) is 0 Å². The Morgan fingerprint density at radius 2 is 2.00 bits per heavy atom. The molecular formula is C13H13ClN2O. The van der Waals surface area contributed by atoms with E-state index in [2.05, 4.69) is 11.4 Å². The minimum absolute atomic E-state index is 0.265. The molecule has 0 atom stereocenters. The van der Waals surface area contributed by atoms with E-state index in [-0.39, 0.29) is 5.91 Å². The van der Waals surface area contributed by atoms with Crippen molar-refractivity contribution in [3.63, 3.8) is 0 Å². The van der Waals surface area contributed by atoms with Gasteiger partial charge in [-0.05, 0) is 37.8 Å². The molecule has 1 aromatic rings. The zero-order valence-electron chi connectivity index (χ0n) is 9.37. The highest BCUT2D eigenvalue weighted by Crippen LogP contribution is 2.29. The summed E-state index contributed by atoms with van der Waals surface area (Å²) in [5.74, 6) is -0.265. The van der Waals surface area contributed by atoms with E-state index >= 15 is 0 Å². The summed E-state index contributed by atoms with van der Waals surface area (Å²) >= 11 is 5.95. The van der Waals surface area contributed by atoms with E-state index in [1.54, 1.807) is 24.3 Å². The second kappa shape index (κ2) is 4.77. The highest BCUT2D eigenvalue weighted by atomic mass is 35.5. The van der Waals surface area contributed by atoms with Crippen molar-refractivity contribution in [3.05, 3.63) is 34.9 Å². The number of nitrogens with one attached hydrogen (secondary N) is 1. The van der Waals surface area contributed by atoms with Crippen molar-refractivity contribution >= 4 is 17.5 Å². The van der Waals surface area contributed by atoms with Crippen molar-refractivity contribution in [1.82, 2.24) is 5.32 Å². The lowest BCUT2D eigenvalue weighted by molar-refractivity contribution is 0.0921. The Kier molecular flexibility index (Phi) is 3.35. The van der Waals surface area contributed by atoms with E-state index in [1.165, 1.54) is 0 Å². The van der Waals surface area contributed by atoms with Crippen LogP contribution in [0, 0.1) is 11.3 Å². The predicted molar refractivity (Wildman–Crippen MR) is 65.7 cm³/mol. The van der Waals surface area contributed by atoms with Crippen molar-refractivity contribution in [1.29, 1.82) is 5.26 Å². The standard InChI is InChI=1S/C13H13ClN2O/c14-11-6-2-1-5-10(11)12(17)16-13(9-15)7-3-4-8-13/h1-2,5-6H,3-4,7-8H2,(H,16,17). The van der Waals surface area contributed by atoms with Crippen LogP contribution in [0.2, 0.25) is 5.02 Å². The Hall–Kier alpha value is -1.53. The molecule has 1 fully saturated rings. The van der Waals surface area contributed by atoms with E-state index in [0.29, 0.717) is 10.6 Å². The SMILES string of the molecule is N#CC1(NC(=O)c2ccccc2Cl)CCCC1. The third-order valence-electron chi connectivity index (χ3n) is 3.14. The third-order valence-corrected chi connectivity index (χ3v) is 3.47. The fraction of sp³-hybridized carbons (Fsp3) is 0.385. The van der Waals surface area contributed by atoms with Crippen LogP contribution in [0.5, 0.6) is 0 Å². The molecule has 88 valence electrons. The van der Waals surface area contributed by atoms with E-state index in [0.717, 1.165) is 25.7 Å². The van der Waals surface area contributed by atoms with Crippen LogP contribution < -0.4 is 5.32 Å². The maximum atomic E-state index is 12.0. The third kappa shape index (κ3) is 2.42. The number of carbonyl (C=O) groups is 1. The van der Waals surface area contributed by atoms with Crippen molar-refractivity contribution in [2.45, 2.75) is 31.2 Å². The minimum Gasteiger partial charge on any atom is -0.334 e. The average molecular weight is 249 g/mol. The van der Waals surface area contributed by atoms with Crippen LogP contribution in [0.1, 0.15) is 36.0 Å². The molecule has 1 aliphatic rings. The van der Waals surface area contributed by atoms with Crippen molar-refractivity contribution in [3.8, 4) is 6.07 Å². The summed E-state index contributed by atoms with van der Waals surface area (Å²) in [5, 5.41) is 12.4. The Morgan fingerprint density at radius 1 is 1.35 bits per heavy atom. The van der Waals surface area contributed by atoms with E-state index < -0.39 is 5.54 Å². The fourth-order valence-electron chi connectivity index (χ4n) is 2.17. The van der Waals surface area contributed by atoms with Gasteiger partial charge in [0.05, 0.1) is 16.7 Å². The second-order valence-corrected chi connectivity index (χ2v) is 4.74. The molecular weight excluding hydrogens is 236 g/mol. The number of halogens is 1. The maximum Gasteiger partial charge on any atom is 0.254 e. The Morgan fingerprint density at radius 3 is 2.59 bits per heavy atom. The molecule has 0 aromatic heterocycles. The quantitative estimate of drug-likeness (QED) is 0.875. The normalized spacial score (nSPS) is 17.4. The zero-order chi connectivity index (χ0) is 12.3. The predicted octanol–water partition coefficient (Wildman–Crippen LogP) is 2.91. The Bertz CT molecular complexity index is 473. The number of carbonyl (C=O) groups excluding carboxylic acids is 1. The number of benzene rings is 1. The summed E-state index contributed by atoms with van der Waals surface area (Å²) < 4.78 is 0. The van der Waals surface area contributed by atoms with Crippen LogP contribution >= 0.6 is 11.6 Å². The lowest BCUT2D eigenvalue weighted by Crippen LogP contribution is -2.45. The van der Waals surface area contributed by atoms with Gasteiger partial charge in [-0.1, -0.05) is 23.7 Å². The smallest absolute Gasteiger partial charge is 0.254 e. The Balaban J connectivity index is 2.17. The number of hydrogen-bond acceptors (Lipinski definition) is 2. The van der Waals surface area contributed by atoms with E-state index in [9.17, 15) is 10.1 Å². The van der Waals surface area contributed by atoms with Gasteiger partial charge in [-0.15, -0.1) is 0 Å². The molecule has 3 nitrogen and oxygen atoms in total. The van der Waals surface area contributed by atoms with Gasteiger partial charge in [0.2, 0.25) is 0 Å². The van der Waals surface area contributed by atoms with E-state index in [4.69, 9.17) is 11.6 Å². The lowest BCUT2D eigenvalue weighted by atomic mass is 9.99. The van der Waals surface area contributed by atoms with Gasteiger partial charge in [0.25, 0.3) is 5.91 Å². The summed E-state index contributed by atoms with van der Waals surface area (Å²) in [6.45, 7) is 0. The first-order valence-electron chi connectivity index (χ1n) is 5.65. The van der Waals surface area contributed by atoms with E-state index in [1.807, 2.05) is 0 Å². The fourth-order valence-corrected chi connectivity index (χ4v) is 2.39. The molecule has 0 saturated heterocycles. The summed E-state index contributed by atoms with van der Waals surface area (Å²) in [4.78, 5) is 12.0. The molecule has 0 radical (unpaired) electrons. The topological polar surface area (TPSA) is 52.9 Å². The second-order valence-electron chi connectivity index (χ2n) is 4.33. The maximum absolute atomic E-state index is 12.0. The molecule has 0 unspecified atom stereocenters. The first-order valence-corrected chi connectivity index (χ1v) is 6.03. The van der Waals surface area contributed by atoms with Crippen molar-refractivity contribution in [2.75, 3.05) is 0 Å². The number of nitrogens with zero attached hydrogens (tertiary/aromatic N) is 1. The van der Waals surface area contributed by atoms with Crippen molar-refractivity contribution < 1.29 is 4.79 Å². The number of rotatable bonds is 2. The van der Waals surface area contributed by atoms with Crippen LogP contribution in [0.15, 0.2) is 24.3 Å². The number of amides is 1. The molecule has 0 heterocycles. The molecule has 0 spiro atoms. The highest BCUT2D eigenvalue weighted by molar-refractivity contribution is 6.33. The molecule has 2 rings (SSSR count). The molecule has 0 bridgehead atoms. The van der Waals surface area contributed by atoms with Crippen LogP contribution in [-0.2, 0) is 0 Å². The molecule has 0 aliphatic heterocycles. The number of hydrogen-bond donors (Lipinski definition) is 1. The van der Waals surface area contributed by atoms with Gasteiger partial charge < -0.3 is 5.32 Å². The molecule has 4 heteroatoms. The zero-order valence-corrected chi connectivity index (χ0v) is 10.1. The molecule has 17 heavy (non-hydrogen) atoms. The Labute approximate surface area is 105 Å². The molecule has 1 aromatic carbocycles. The molecule has 1 saturated carbocycles. The highest BCUT2D eigenvalue weighted by Gasteiger charge is 2.35. The summed E-state index contributed by atoms with van der Waals surface area (Å²) in [5.41, 5.74) is -0.272. The van der Waals surface area contributed by atoms with Crippen LogP contribution in [-0.4, -0.2) is 11.4 Å². The first kappa shape index (κ1) is 11.9. The van der Waals surface area contributed by atoms with Crippen LogP contribution in [0.25, 0.3) is 0 Å². The minimum atomic E-state index is -0.698. The van der Waals surface area contributed by atoms with Crippen LogP contribution in [0.4, 0.5) is 0 Å². The van der Waals surface area contributed by atoms with Gasteiger partial charge in [-0.2, -0.15) is 5.26 Å². The van der Waals surface area contributed by atoms with Gasteiger partial charge >= 0.3 is 0 Å². The van der Waals surface area contributed by atoms with Crippen molar-refractivity contribution in [2.24, 2.45) is 0 Å². The first-order chi connectivity index (χ1) is 8.17. The molecule has 1 amide bonds. The van der Waals surface area contributed by atoms with Gasteiger partial charge in [0.15, 0.2) is 0 Å². The van der Waals surface area contributed by atoms with Gasteiger partial charge in [0.1, 0.15) is 5.54 Å². The van der Waals surface area contributed by atoms with Gasteiger partial charge in [0, 0.05) is 0 Å². The molecule has 1 N–H and O–H groups in total. The largest absolute Gasteiger partial charge is 0.334 e. The molecule has 1 aliphatic carbocycles. The number of nitriles is 1. The summed E-state index contributed by atoms with van der Waals surface area (Å²) in [6.07, 6.45) is 3.41. The monoisotopic (exact) mass is 248 g/mol. The average Bonchev–Trinajstić information content (AvgIpc) is 2.79. The lowest BCUT2D eigenvalue weighted by Gasteiger charge is -2.22.